The lowest BCUT2D eigenvalue weighted by Gasteiger charge is -2.11. The second-order valence-corrected chi connectivity index (χ2v) is 7.14. The third kappa shape index (κ3) is 3.78. The van der Waals surface area contributed by atoms with E-state index >= 15 is 0 Å². The average Bonchev–Trinajstić information content (AvgIpc) is 3.07. The van der Waals surface area contributed by atoms with Gasteiger partial charge in [-0.25, -0.2) is 4.98 Å². The molecule has 28 heavy (non-hydrogen) atoms. The van der Waals surface area contributed by atoms with Gasteiger partial charge in [0.05, 0.1) is 11.0 Å². The molecule has 0 aliphatic carbocycles. The van der Waals surface area contributed by atoms with Crippen molar-refractivity contribution < 1.29 is 4.79 Å². The number of carbonyl (C=O) groups is 1. The Morgan fingerprint density at radius 3 is 2.61 bits per heavy atom. The summed E-state index contributed by atoms with van der Waals surface area (Å²) < 4.78 is 2.15. The zero-order valence-corrected chi connectivity index (χ0v) is 16.3. The highest BCUT2D eigenvalue weighted by atomic mass is 35.5. The molecule has 4 rings (SSSR count). The van der Waals surface area contributed by atoms with E-state index in [1.807, 2.05) is 18.2 Å². The Morgan fingerprint density at radius 1 is 1.04 bits per heavy atom. The van der Waals surface area contributed by atoms with E-state index in [0.29, 0.717) is 23.7 Å². The second kappa shape index (κ2) is 7.87. The van der Waals surface area contributed by atoms with Crippen LogP contribution in [0.5, 0.6) is 0 Å². The van der Waals surface area contributed by atoms with E-state index in [-0.39, 0.29) is 5.91 Å². The number of aromatic nitrogens is 2. The van der Waals surface area contributed by atoms with Crippen molar-refractivity contribution in [3.63, 3.8) is 0 Å². The summed E-state index contributed by atoms with van der Waals surface area (Å²) in [6.45, 7) is 3.18. The Morgan fingerprint density at radius 2 is 1.82 bits per heavy atom. The quantitative estimate of drug-likeness (QED) is 0.516. The summed E-state index contributed by atoms with van der Waals surface area (Å²) in [6, 6.07) is 23.3. The van der Waals surface area contributed by atoms with E-state index in [9.17, 15) is 4.79 Å². The molecule has 140 valence electrons. The lowest BCUT2D eigenvalue weighted by atomic mass is 10.1. The summed E-state index contributed by atoms with van der Waals surface area (Å²) in [5.41, 5.74) is 4.82. The Labute approximate surface area is 168 Å². The number of aryl methyl sites for hydroxylation is 1. The lowest BCUT2D eigenvalue weighted by Crippen LogP contribution is -2.27. The number of fused-ring (bicyclic) bond motifs is 1. The smallest absolute Gasteiger partial charge is 0.251 e. The SMILES string of the molecule is Cc1ccc(-c2nc3ccccc3n2CCNC(=O)c2cccc(Cl)c2)cc1. The van der Waals surface area contributed by atoms with Gasteiger partial charge in [0, 0.05) is 29.2 Å². The number of carbonyl (C=O) groups excluding carboxylic acids is 1. The van der Waals surface area contributed by atoms with Gasteiger partial charge in [-0.1, -0.05) is 59.6 Å². The van der Waals surface area contributed by atoms with Crippen molar-refractivity contribution in [1.29, 1.82) is 0 Å². The van der Waals surface area contributed by atoms with E-state index in [1.54, 1.807) is 24.3 Å². The van der Waals surface area contributed by atoms with Gasteiger partial charge in [-0.3, -0.25) is 4.79 Å². The van der Waals surface area contributed by atoms with Gasteiger partial charge >= 0.3 is 0 Å². The van der Waals surface area contributed by atoms with E-state index in [1.165, 1.54) is 5.56 Å². The monoisotopic (exact) mass is 389 g/mol. The van der Waals surface area contributed by atoms with E-state index in [2.05, 4.69) is 47.1 Å². The van der Waals surface area contributed by atoms with Crippen molar-refractivity contribution in [2.45, 2.75) is 13.5 Å². The van der Waals surface area contributed by atoms with Gasteiger partial charge in [0.25, 0.3) is 5.91 Å². The topological polar surface area (TPSA) is 46.9 Å². The van der Waals surface area contributed by atoms with Crippen molar-refractivity contribution in [3.05, 3.63) is 88.9 Å². The Balaban J connectivity index is 1.58. The van der Waals surface area contributed by atoms with Gasteiger partial charge < -0.3 is 9.88 Å². The van der Waals surface area contributed by atoms with Gasteiger partial charge in [-0.15, -0.1) is 0 Å². The minimum Gasteiger partial charge on any atom is -0.350 e. The van der Waals surface area contributed by atoms with Gasteiger partial charge in [-0.05, 0) is 37.3 Å². The molecule has 1 amide bonds. The molecule has 0 radical (unpaired) electrons. The molecule has 0 aliphatic heterocycles. The molecule has 1 aromatic heterocycles. The number of hydrogen-bond donors (Lipinski definition) is 1. The zero-order valence-electron chi connectivity index (χ0n) is 15.5. The molecule has 4 aromatic rings. The average molecular weight is 390 g/mol. The highest BCUT2D eigenvalue weighted by molar-refractivity contribution is 6.30. The van der Waals surface area contributed by atoms with Crippen LogP contribution in [0.15, 0.2) is 72.8 Å². The number of hydrogen-bond acceptors (Lipinski definition) is 2. The van der Waals surface area contributed by atoms with Crippen LogP contribution in [-0.4, -0.2) is 22.0 Å². The van der Waals surface area contributed by atoms with Crippen LogP contribution in [0.25, 0.3) is 22.4 Å². The normalized spacial score (nSPS) is 10.9. The lowest BCUT2D eigenvalue weighted by molar-refractivity contribution is 0.0952. The summed E-state index contributed by atoms with van der Waals surface area (Å²) in [5.74, 6) is 0.766. The van der Waals surface area contributed by atoms with Crippen LogP contribution in [0.1, 0.15) is 15.9 Å². The molecule has 0 spiro atoms. The van der Waals surface area contributed by atoms with E-state index in [4.69, 9.17) is 16.6 Å². The molecular weight excluding hydrogens is 370 g/mol. The third-order valence-electron chi connectivity index (χ3n) is 4.67. The molecule has 0 saturated heterocycles. The maximum atomic E-state index is 12.4. The highest BCUT2D eigenvalue weighted by Gasteiger charge is 2.13. The first-order valence-corrected chi connectivity index (χ1v) is 9.56. The molecule has 5 heteroatoms. The third-order valence-corrected chi connectivity index (χ3v) is 4.91. The molecular formula is C23H20ClN3O. The molecule has 0 aliphatic rings. The number of benzene rings is 3. The molecule has 1 N–H and O–H groups in total. The summed E-state index contributed by atoms with van der Waals surface area (Å²) in [5, 5.41) is 3.52. The number of nitrogens with one attached hydrogen (secondary N) is 1. The van der Waals surface area contributed by atoms with Crippen molar-refractivity contribution in [1.82, 2.24) is 14.9 Å². The van der Waals surface area contributed by atoms with Crippen molar-refractivity contribution >= 4 is 28.5 Å². The zero-order chi connectivity index (χ0) is 19.5. The standard InChI is InChI=1S/C23H20ClN3O/c1-16-9-11-17(12-10-16)22-26-20-7-2-3-8-21(20)27(22)14-13-25-23(28)18-5-4-6-19(24)15-18/h2-12,15H,13-14H2,1H3,(H,25,28). The minimum absolute atomic E-state index is 0.135. The van der Waals surface area contributed by atoms with Crippen molar-refractivity contribution in [3.8, 4) is 11.4 Å². The van der Waals surface area contributed by atoms with Crippen LogP contribution in [0.4, 0.5) is 0 Å². The minimum atomic E-state index is -0.135. The molecule has 0 bridgehead atoms. The highest BCUT2D eigenvalue weighted by Crippen LogP contribution is 2.25. The second-order valence-electron chi connectivity index (χ2n) is 6.71. The van der Waals surface area contributed by atoms with Crippen LogP contribution in [0.2, 0.25) is 5.02 Å². The number of para-hydroxylation sites is 2. The molecule has 4 nitrogen and oxygen atoms in total. The fraction of sp³-hybridized carbons (Fsp3) is 0.130. The number of nitrogens with zero attached hydrogens (tertiary/aromatic N) is 2. The van der Waals surface area contributed by atoms with Crippen LogP contribution >= 0.6 is 11.6 Å². The Hall–Kier alpha value is -3.11. The number of amides is 1. The molecule has 3 aromatic carbocycles. The maximum absolute atomic E-state index is 12.4. The number of halogens is 1. The van der Waals surface area contributed by atoms with Crippen LogP contribution < -0.4 is 5.32 Å². The largest absolute Gasteiger partial charge is 0.350 e. The van der Waals surface area contributed by atoms with Gasteiger partial charge in [-0.2, -0.15) is 0 Å². The summed E-state index contributed by atoms with van der Waals surface area (Å²) in [4.78, 5) is 17.2. The first-order valence-electron chi connectivity index (χ1n) is 9.18. The van der Waals surface area contributed by atoms with E-state index < -0.39 is 0 Å². The molecule has 0 fully saturated rings. The maximum Gasteiger partial charge on any atom is 0.251 e. The van der Waals surface area contributed by atoms with Crippen molar-refractivity contribution in [2.75, 3.05) is 6.54 Å². The predicted octanol–water partition coefficient (Wildman–Crippen LogP) is 5.10. The Kier molecular flexibility index (Phi) is 5.13. The van der Waals surface area contributed by atoms with Gasteiger partial charge in [0.15, 0.2) is 0 Å². The van der Waals surface area contributed by atoms with Gasteiger partial charge in [0.1, 0.15) is 5.82 Å². The molecule has 0 unspecified atom stereocenters. The summed E-state index contributed by atoms with van der Waals surface area (Å²) in [6.07, 6.45) is 0. The number of imidazole rings is 1. The fourth-order valence-electron chi connectivity index (χ4n) is 3.24. The predicted molar refractivity (Wildman–Crippen MR) is 114 cm³/mol. The number of rotatable bonds is 5. The van der Waals surface area contributed by atoms with Crippen molar-refractivity contribution in [2.24, 2.45) is 0 Å². The first kappa shape index (κ1) is 18.3. The fourth-order valence-corrected chi connectivity index (χ4v) is 3.43. The summed E-state index contributed by atoms with van der Waals surface area (Å²) in [7, 11) is 0. The first-order chi connectivity index (χ1) is 13.6. The van der Waals surface area contributed by atoms with Crippen LogP contribution in [-0.2, 0) is 6.54 Å². The van der Waals surface area contributed by atoms with Gasteiger partial charge in [0.2, 0.25) is 0 Å². The van der Waals surface area contributed by atoms with Crippen LogP contribution in [0, 0.1) is 6.92 Å². The molecule has 1 heterocycles. The Bertz CT molecular complexity index is 1130. The molecule has 0 atom stereocenters. The van der Waals surface area contributed by atoms with Crippen LogP contribution in [0.3, 0.4) is 0 Å². The van der Waals surface area contributed by atoms with E-state index in [0.717, 1.165) is 22.4 Å². The molecule has 0 saturated carbocycles. The summed E-state index contributed by atoms with van der Waals surface area (Å²) >= 11 is 5.98.